The van der Waals surface area contributed by atoms with Crippen LogP contribution < -0.4 is 5.32 Å². The highest BCUT2D eigenvalue weighted by molar-refractivity contribution is 9.10. The lowest BCUT2D eigenvalue weighted by molar-refractivity contribution is -0.141. The van der Waals surface area contributed by atoms with Crippen LogP contribution in [0, 0.1) is 0 Å². The van der Waals surface area contributed by atoms with Crippen LogP contribution in [-0.4, -0.2) is 28.0 Å². The van der Waals surface area contributed by atoms with E-state index in [9.17, 15) is 9.59 Å². The van der Waals surface area contributed by atoms with E-state index in [1.807, 2.05) is 18.2 Å². The van der Waals surface area contributed by atoms with Gasteiger partial charge in [-0.1, -0.05) is 22.0 Å². The molecule has 1 unspecified atom stereocenters. The fraction of sp³-hybridized carbons (Fsp3) is 0.231. The fourth-order valence-corrected chi connectivity index (χ4v) is 2.35. The van der Waals surface area contributed by atoms with Crippen molar-refractivity contribution in [3.63, 3.8) is 0 Å². The van der Waals surface area contributed by atoms with E-state index in [2.05, 4.69) is 26.2 Å². The Morgan fingerprint density at radius 1 is 1.47 bits per heavy atom. The van der Waals surface area contributed by atoms with Gasteiger partial charge in [0.15, 0.2) is 0 Å². The summed E-state index contributed by atoms with van der Waals surface area (Å²) >= 11 is 3.38. The van der Waals surface area contributed by atoms with E-state index < -0.39 is 12.0 Å². The molecule has 1 atom stereocenters. The van der Waals surface area contributed by atoms with Gasteiger partial charge >= 0.3 is 5.97 Å². The molecule has 1 aromatic heterocycles. The average Bonchev–Trinajstić information content (AvgIpc) is 2.70. The molecule has 1 heterocycles. The molecule has 0 aliphatic carbocycles. The molecule has 2 rings (SSSR count). The van der Waals surface area contributed by atoms with Crippen molar-refractivity contribution in [2.24, 2.45) is 0 Å². The molecule has 5 nitrogen and oxygen atoms in total. The number of nitrogens with one attached hydrogen (secondary N) is 2. The van der Waals surface area contributed by atoms with E-state index >= 15 is 0 Å². The van der Waals surface area contributed by atoms with Gasteiger partial charge in [0.1, 0.15) is 6.04 Å². The molecule has 19 heavy (non-hydrogen) atoms. The van der Waals surface area contributed by atoms with Crippen LogP contribution in [0.15, 0.2) is 28.9 Å². The monoisotopic (exact) mass is 324 g/mol. The molecule has 3 N–H and O–H groups in total. The first-order valence-corrected chi connectivity index (χ1v) is 6.52. The SMILES string of the molecule is CC(=O)NC(Cc1c[nH]c2cc(Br)ccc12)C(=O)O. The van der Waals surface area contributed by atoms with Crippen LogP contribution in [-0.2, 0) is 16.0 Å². The average molecular weight is 325 g/mol. The van der Waals surface area contributed by atoms with Gasteiger partial charge in [-0.25, -0.2) is 4.79 Å². The second kappa shape index (κ2) is 5.44. The molecule has 0 fully saturated rings. The zero-order chi connectivity index (χ0) is 14.0. The molecule has 1 amide bonds. The second-order valence-electron chi connectivity index (χ2n) is 4.30. The van der Waals surface area contributed by atoms with Crippen molar-refractivity contribution >= 4 is 38.7 Å². The summed E-state index contributed by atoms with van der Waals surface area (Å²) in [4.78, 5) is 25.2. The highest BCUT2D eigenvalue weighted by atomic mass is 79.9. The lowest BCUT2D eigenvalue weighted by atomic mass is 10.1. The van der Waals surface area contributed by atoms with Crippen LogP contribution in [0.5, 0.6) is 0 Å². The van der Waals surface area contributed by atoms with Crippen molar-refractivity contribution in [3.8, 4) is 0 Å². The number of carbonyl (C=O) groups is 2. The minimum Gasteiger partial charge on any atom is -0.480 e. The minimum atomic E-state index is -1.04. The Bertz CT molecular complexity index is 636. The van der Waals surface area contributed by atoms with Gasteiger partial charge in [-0.2, -0.15) is 0 Å². The number of carboxylic acids is 1. The van der Waals surface area contributed by atoms with Gasteiger partial charge in [0, 0.05) is 34.9 Å². The first-order valence-electron chi connectivity index (χ1n) is 5.73. The zero-order valence-electron chi connectivity index (χ0n) is 10.2. The number of rotatable bonds is 4. The van der Waals surface area contributed by atoms with Crippen molar-refractivity contribution in [1.82, 2.24) is 10.3 Å². The second-order valence-corrected chi connectivity index (χ2v) is 5.21. The van der Waals surface area contributed by atoms with Crippen molar-refractivity contribution < 1.29 is 14.7 Å². The van der Waals surface area contributed by atoms with E-state index in [-0.39, 0.29) is 12.3 Å². The molecule has 0 aliphatic rings. The number of benzene rings is 1. The Hall–Kier alpha value is -1.82. The summed E-state index contributed by atoms with van der Waals surface area (Å²) in [6.07, 6.45) is 2.02. The largest absolute Gasteiger partial charge is 0.480 e. The maximum atomic E-state index is 11.1. The summed E-state index contributed by atoms with van der Waals surface area (Å²) in [5.74, 6) is -1.39. The summed E-state index contributed by atoms with van der Waals surface area (Å²) in [7, 11) is 0. The van der Waals surface area contributed by atoms with Gasteiger partial charge < -0.3 is 15.4 Å². The third kappa shape index (κ3) is 3.14. The first-order chi connectivity index (χ1) is 8.97. The lowest BCUT2D eigenvalue weighted by Gasteiger charge is -2.12. The highest BCUT2D eigenvalue weighted by Gasteiger charge is 2.20. The molecule has 0 radical (unpaired) electrons. The van der Waals surface area contributed by atoms with E-state index in [4.69, 9.17) is 5.11 Å². The Kier molecular flexibility index (Phi) is 3.90. The molecule has 100 valence electrons. The Balaban J connectivity index is 2.28. The van der Waals surface area contributed by atoms with E-state index in [1.54, 1.807) is 6.20 Å². The number of halogens is 1. The van der Waals surface area contributed by atoms with Crippen molar-refractivity contribution in [2.45, 2.75) is 19.4 Å². The lowest BCUT2D eigenvalue weighted by Crippen LogP contribution is -2.41. The maximum absolute atomic E-state index is 11.1. The number of aromatic nitrogens is 1. The number of carboxylic acid groups (broad SMARTS) is 1. The quantitative estimate of drug-likeness (QED) is 0.805. The fourth-order valence-electron chi connectivity index (χ4n) is 1.99. The maximum Gasteiger partial charge on any atom is 0.326 e. The summed E-state index contributed by atoms with van der Waals surface area (Å²) < 4.78 is 0.949. The Morgan fingerprint density at radius 3 is 2.84 bits per heavy atom. The number of aromatic amines is 1. The number of H-pyrrole nitrogens is 1. The number of amides is 1. The van der Waals surface area contributed by atoms with Crippen LogP contribution in [0.25, 0.3) is 10.9 Å². The van der Waals surface area contributed by atoms with Crippen LogP contribution in [0.1, 0.15) is 12.5 Å². The molecule has 1 aromatic carbocycles. The van der Waals surface area contributed by atoms with E-state index in [1.165, 1.54) is 6.92 Å². The van der Waals surface area contributed by atoms with E-state index in [0.29, 0.717) is 0 Å². The normalized spacial score (nSPS) is 12.3. The standard InChI is InChI=1S/C13H13BrN2O3/c1-7(17)16-12(13(18)19)4-8-6-15-11-5-9(14)2-3-10(8)11/h2-3,5-6,12,15H,4H2,1H3,(H,16,17)(H,18,19). The van der Waals surface area contributed by atoms with Crippen LogP contribution in [0.3, 0.4) is 0 Å². The van der Waals surface area contributed by atoms with Crippen LogP contribution >= 0.6 is 15.9 Å². The third-order valence-corrected chi connectivity index (χ3v) is 3.32. The summed E-state index contributed by atoms with van der Waals surface area (Å²) in [6, 6.07) is 4.82. The van der Waals surface area contributed by atoms with Crippen molar-refractivity contribution in [1.29, 1.82) is 0 Å². The summed E-state index contributed by atoms with van der Waals surface area (Å²) in [5.41, 5.74) is 1.79. The zero-order valence-corrected chi connectivity index (χ0v) is 11.8. The smallest absolute Gasteiger partial charge is 0.326 e. The molecule has 0 saturated heterocycles. The van der Waals surface area contributed by atoms with Gasteiger partial charge in [0.2, 0.25) is 5.91 Å². The predicted octanol–water partition coefficient (Wildman–Crippen LogP) is 2.06. The highest BCUT2D eigenvalue weighted by Crippen LogP contribution is 2.23. The van der Waals surface area contributed by atoms with Crippen molar-refractivity contribution in [3.05, 3.63) is 34.4 Å². The first kappa shape index (κ1) is 13.6. The molecular weight excluding hydrogens is 312 g/mol. The number of hydrogen-bond donors (Lipinski definition) is 3. The molecule has 0 saturated carbocycles. The summed E-state index contributed by atoms with van der Waals surface area (Å²) in [5, 5.41) is 12.5. The molecular formula is C13H13BrN2O3. The minimum absolute atomic E-state index is 0.247. The molecule has 0 spiro atoms. The molecule has 2 aromatic rings. The van der Waals surface area contributed by atoms with Crippen LogP contribution in [0.4, 0.5) is 0 Å². The Morgan fingerprint density at radius 2 is 2.21 bits per heavy atom. The number of hydrogen-bond acceptors (Lipinski definition) is 2. The molecule has 0 bridgehead atoms. The number of aliphatic carboxylic acids is 1. The topological polar surface area (TPSA) is 82.2 Å². The third-order valence-electron chi connectivity index (χ3n) is 2.83. The van der Waals surface area contributed by atoms with Gasteiger partial charge in [-0.3, -0.25) is 4.79 Å². The van der Waals surface area contributed by atoms with Gasteiger partial charge in [0.25, 0.3) is 0 Å². The van der Waals surface area contributed by atoms with Crippen LogP contribution in [0.2, 0.25) is 0 Å². The Labute approximate surface area is 118 Å². The molecule has 6 heteroatoms. The number of carbonyl (C=O) groups excluding carboxylic acids is 1. The van der Waals surface area contributed by atoms with Gasteiger partial charge in [0.05, 0.1) is 0 Å². The van der Waals surface area contributed by atoms with E-state index in [0.717, 1.165) is 20.9 Å². The van der Waals surface area contributed by atoms with Gasteiger partial charge in [-0.15, -0.1) is 0 Å². The predicted molar refractivity (Wildman–Crippen MR) is 74.9 cm³/mol. The van der Waals surface area contributed by atoms with Crippen molar-refractivity contribution in [2.75, 3.05) is 0 Å². The number of fused-ring (bicyclic) bond motifs is 1. The summed E-state index contributed by atoms with van der Waals surface area (Å²) in [6.45, 7) is 1.31. The van der Waals surface area contributed by atoms with Gasteiger partial charge in [-0.05, 0) is 17.7 Å². The molecule has 0 aliphatic heterocycles.